The molecule has 0 amide bonds. The summed E-state index contributed by atoms with van der Waals surface area (Å²) in [4.78, 5) is 2.28. The van der Waals surface area contributed by atoms with Gasteiger partial charge >= 0.3 is 0 Å². The predicted molar refractivity (Wildman–Crippen MR) is 92.2 cm³/mol. The van der Waals surface area contributed by atoms with E-state index >= 15 is 0 Å². The van der Waals surface area contributed by atoms with Crippen LogP contribution in [-0.4, -0.2) is 47.1 Å². The van der Waals surface area contributed by atoms with E-state index < -0.39 is 0 Å². The minimum atomic E-state index is 0.338. The standard InChI is InChI=1S/C16H27BrN2O2/c1-5-18-13(2)15-7-6-14(12-16(15)17)19(8-10-20-3)9-11-21-4/h6-7,12-13,18H,5,8-11H2,1-4H3. The van der Waals surface area contributed by atoms with Gasteiger partial charge in [0.1, 0.15) is 0 Å². The highest BCUT2D eigenvalue weighted by atomic mass is 79.9. The van der Waals surface area contributed by atoms with Crippen molar-refractivity contribution in [2.75, 3.05) is 52.0 Å². The van der Waals surface area contributed by atoms with Crippen molar-refractivity contribution in [3.63, 3.8) is 0 Å². The van der Waals surface area contributed by atoms with E-state index in [2.05, 4.69) is 58.2 Å². The van der Waals surface area contributed by atoms with Crippen molar-refractivity contribution in [1.29, 1.82) is 0 Å². The van der Waals surface area contributed by atoms with Gasteiger partial charge in [0.2, 0.25) is 0 Å². The first-order valence-corrected chi connectivity index (χ1v) is 8.19. The molecular formula is C16H27BrN2O2. The number of rotatable bonds is 10. The van der Waals surface area contributed by atoms with Crippen LogP contribution in [0.1, 0.15) is 25.5 Å². The molecule has 1 atom stereocenters. The van der Waals surface area contributed by atoms with Crippen LogP contribution >= 0.6 is 15.9 Å². The lowest BCUT2D eigenvalue weighted by Crippen LogP contribution is -2.30. The van der Waals surface area contributed by atoms with Crippen molar-refractivity contribution >= 4 is 21.6 Å². The van der Waals surface area contributed by atoms with Gasteiger partial charge in [0.25, 0.3) is 0 Å². The maximum absolute atomic E-state index is 5.19. The highest BCUT2D eigenvalue weighted by Crippen LogP contribution is 2.28. The third kappa shape index (κ3) is 5.94. The molecule has 0 bridgehead atoms. The zero-order valence-corrected chi connectivity index (χ0v) is 15.1. The van der Waals surface area contributed by atoms with Gasteiger partial charge in [0.15, 0.2) is 0 Å². The van der Waals surface area contributed by atoms with E-state index in [4.69, 9.17) is 9.47 Å². The second-order valence-corrected chi connectivity index (χ2v) is 5.81. The highest BCUT2D eigenvalue weighted by Gasteiger charge is 2.12. The minimum absolute atomic E-state index is 0.338. The zero-order valence-electron chi connectivity index (χ0n) is 13.5. The Labute approximate surface area is 136 Å². The van der Waals surface area contributed by atoms with E-state index in [1.165, 1.54) is 11.3 Å². The fourth-order valence-electron chi connectivity index (χ4n) is 2.25. The van der Waals surface area contributed by atoms with Gasteiger partial charge in [-0.05, 0) is 31.2 Å². The van der Waals surface area contributed by atoms with Crippen LogP contribution < -0.4 is 10.2 Å². The van der Waals surface area contributed by atoms with E-state index in [9.17, 15) is 0 Å². The van der Waals surface area contributed by atoms with Crippen molar-refractivity contribution in [1.82, 2.24) is 5.32 Å². The Kier molecular flexibility index (Phi) is 8.92. The van der Waals surface area contributed by atoms with Gasteiger partial charge in [-0.1, -0.05) is 28.9 Å². The summed E-state index contributed by atoms with van der Waals surface area (Å²) >= 11 is 3.69. The number of methoxy groups -OCH3 is 2. The number of anilines is 1. The number of hydrogen-bond acceptors (Lipinski definition) is 4. The molecule has 0 spiro atoms. The first-order valence-electron chi connectivity index (χ1n) is 7.39. The maximum atomic E-state index is 5.19. The van der Waals surface area contributed by atoms with Gasteiger partial charge in [-0.2, -0.15) is 0 Å². The Morgan fingerprint density at radius 1 is 1.19 bits per heavy atom. The quantitative estimate of drug-likeness (QED) is 0.696. The van der Waals surface area contributed by atoms with Crippen molar-refractivity contribution < 1.29 is 9.47 Å². The average molecular weight is 359 g/mol. The highest BCUT2D eigenvalue weighted by molar-refractivity contribution is 9.10. The Hall–Kier alpha value is -0.620. The van der Waals surface area contributed by atoms with E-state index in [1.807, 2.05) is 0 Å². The van der Waals surface area contributed by atoms with E-state index in [1.54, 1.807) is 14.2 Å². The monoisotopic (exact) mass is 358 g/mol. The third-order valence-electron chi connectivity index (χ3n) is 3.46. The summed E-state index contributed by atoms with van der Waals surface area (Å²) in [6.07, 6.45) is 0. The number of benzene rings is 1. The molecule has 1 N–H and O–H groups in total. The molecule has 120 valence electrons. The van der Waals surface area contributed by atoms with Crippen LogP contribution in [0, 0.1) is 0 Å². The lowest BCUT2D eigenvalue weighted by molar-refractivity contribution is 0.190. The summed E-state index contributed by atoms with van der Waals surface area (Å²) in [5.41, 5.74) is 2.46. The molecule has 1 unspecified atom stereocenters. The number of halogens is 1. The third-order valence-corrected chi connectivity index (χ3v) is 4.14. The largest absolute Gasteiger partial charge is 0.383 e. The SMILES string of the molecule is CCNC(C)c1ccc(N(CCOC)CCOC)cc1Br. The number of hydrogen-bond donors (Lipinski definition) is 1. The molecule has 0 fully saturated rings. The Bertz CT molecular complexity index is 407. The summed E-state index contributed by atoms with van der Waals surface area (Å²) in [6.45, 7) is 8.38. The molecule has 1 aromatic rings. The van der Waals surface area contributed by atoms with E-state index in [-0.39, 0.29) is 0 Å². The van der Waals surface area contributed by atoms with Gasteiger partial charge in [0.05, 0.1) is 13.2 Å². The van der Waals surface area contributed by atoms with Crippen molar-refractivity contribution in [2.45, 2.75) is 19.9 Å². The molecule has 0 aromatic heterocycles. The summed E-state index contributed by atoms with van der Waals surface area (Å²) in [7, 11) is 3.46. The van der Waals surface area contributed by atoms with E-state index in [0.29, 0.717) is 19.3 Å². The molecule has 0 saturated carbocycles. The average Bonchev–Trinajstić information content (AvgIpc) is 2.47. The summed E-state index contributed by atoms with van der Waals surface area (Å²) < 4.78 is 11.5. The van der Waals surface area contributed by atoms with Crippen molar-refractivity contribution in [3.05, 3.63) is 28.2 Å². The topological polar surface area (TPSA) is 33.7 Å². The minimum Gasteiger partial charge on any atom is -0.383 e. The number of ether oxygens (including phenoxy) is 2. The summed E-state index contributed by atoms with van der Waals surface area (Å²) in [6, 6.07) is 6.86. The summed E-state index contributed by atoms with van der Waals surface area (Å²) in [5, 5.41) is 3.44. The van der Waals surface area contributed by atoms with Crippen LogP contribution in [-0.2, 0) is 9.47 Å². The van der Waals surface area contributed by atoms with Crippen LogP contribution in [0.3, 0.4) is 0 Å². The lowest BCUT2D eigenvalue weighted by atomic mass is 10.1. The van der Waals surface area contributed by atoms with Crippen molar-refractivity contribution in [2.24, 2.45) is 0 Å². The molecule has 1 aromatic carbocycles. The van der Waals surface area contributed by atoms with Gasteiger partial charge in [-0.15, -0.1) is 0 Å². The molecule has 0 aliphatic heterocycles. The van der Waals surface area contributed by atoms with Gasteiger partial charge in [-0.3, -0.25) is 0 Å². The first kappa shape index (κ1) is 18.4. The molecule has 0 radical (unpaired) electrons. The van der Waals surface area contributed by atoms with Gasteiger partial charge < -0.3 is 19.7 Å². The Morgan fingerprint density at radius 2 is 1.81 bits per heavy atom. The fraction of sp³-hybridized carbons (Fsp3) is 0.625. The van der Waals surface area contributed by atoms with Crippen LogP contribution in [0.2, 0.25) is 0 Å². The molecule has 21 heavy (non-hydrogen) atoms. The normalized spacial score (nSPS) is 12.4. The van der Waals surface area contributed by atoms with Crippen LogP contribution in [0.4, 0.5) is 5.69 Å². The van der Waals surface area contributed by atoms with Crippen LogP contribution in [0.15, 0.2) is 22.7 Å². The van der Waals surface area contributed by atoms with Crippen LogP contribution in [0.25, 0.3) is 0 Å². The zero-order chi connectivity index (χ0) is 15.7. The molecule has 0 aliphatic rings. The molecule has 0 aliphatic carbocycles. The number of nitrogens with one attached hydrogen (secondary N) is 1. The maximum Gasteiger partial charge on any atom is 0.0637 e. The second-order valence-electron chi connectivity index (χ2n) is 4.96. The van der Waals surface area contributed by atoms with Gasteiger partial charge in [0, 0.05) is 43.5 Å². The Morgan fingerprint density at radius 3 is 2.29 bits per heavy atom. The second kappa shape index (κ2) is 10.2. The summed E-state index contributed by atoms with van der Waals surface area (Å²) in [5.74, 6) is 0. The smallest absolute Gasteiger partial charge is 0.0637 e. The molecule has 0 heterocycles. The van der Waals surface area contributed by atoms with Crippen molar-refractivity contribution in [3.8, 4) is 0 Å². The molecular weight excluding hydrogens is 332 g/mol. The van der Waals surface area contributed by atoms with Gasteiger partial charge in [-0.25, -0.2) is 0 Å². The number of nitrogens with zero attached hydrogens (tertiary/aromatic N) is 1. The molecule has 0 saturated heterocycles. The fourth-order valence-corrected chi connectivity index (χ4v) is 2.96. The first-order chi connectivity index (χ1) is 10.1. The van der Waals surface area contributed by atoms with E-state index in [0.717, 1.165) is 24.1 Å². The molecule has 5 heteroatoms. The predicted octanol–water partition coefficient (Wildman–Crippen LogP) is 3.22. The lowest BCUT2D eigenvalue weighted by Gasteiger charge is -2.25. The van der Waals surface area contributed by atoms with Crippen LogP contribution in [0.5, 0.6) is 0 Å². The Balaban J connectivity index is 2.86. The molecule has 1 rings (SSSR count). The molecule has 4 nitrogen and oxygen atoms in total.